The van der Waals surface area contributed by atoms with Crippen LogP contribution in [0, 0.1) is 5.92 Å². The molecule has 1 aromatic heterocycles. The Morgan fingerprint density at radius 3 is 2.68 bits per heavy atom. The third-order valence-electron chi connectivity index (χ3n) is 4.00. The number of rotatable bonds is 5. The molecule has 5 nitrogen and oxygen atoms in total. The van der Waals surface area contributed by atoms with Gasteiger partial charge in [0.25, 0.3) is 5.91 Å². The maximum atomic E-state index is 12.7. The fourth-order valence-electron chi connectivity index (χ4n) is 2.98. The Balaban J connectivity index is 2.11. The van der Waals surface area contributed by atoms with Crippen molar-refractivity contribution in [2.75, 3.05) is 4.90 Å². The van der Waals surface area contributed by atoms with E-state index >= 15 is 0 Å². The lowest BCUT2D eigenvalue weighted by molar-refractivity contribution is -0.118. The number of Topliss-reactive ketones (excluding diaryl/α,β-unsaturated/α-hetero) is 1. The number of hydrogen-bond donors (Lipinski definition) is 1. The summed E-state index contributed by atoms with van der Waals surface area (Å²) in [6.45, 7) is 3.81. The number of ketones is 1. The normalized spacial score (nSPS) is 17.7. The zero-order chi connectivity index (χ0) is 18.1. The molecule has 1 aromatic carbocycles. The minimum absolute atomic E-state index is 0.0635. The van der Waals surface area contributed by atoms with Gasteiger partial charge in [0.15, 0.2) is 11.5 Å². The Bertz CT molecular complexity index is 839. The van der Waals surface area contributed by atoms with Crippen LogP contribution in [-0.2, 0) is 9.59 Å². The van der Waals surface area contributed by atoms with Crippen molar-refractivity contribution in [3.63, 3.8) is 0 Å². The SMILES string of the molecule is CC(C)CC(=O)C1=C(O)C(=O)N(c2cccc(Cl)c2)C1c1ccco1. The smallest absolute Gasteiger partial charge is 0.294 e. The number of furan rings is 1. The summed E-state index contributed by atoms with van der Waals surface area (Å²) in [5.41, 5.74) is 0.548. The number of carbonyl (C=O) groups excluding carboxylic acids is 2. The molecule has 6 heteroatoms. The second-order valence-corrected chi connectivity index (χ2v) is 6.79. The van der Waals surface area contributed by atoms with Gasteiger partial charge in [-0.2, -0.15) is 0 Å². The van der Waals surface area contributed by atoms with Gasteiger partial charge in [-0.25, -0.2) is 0 Å². The molecule has 2 heterocycles. The van der Waals surface area contributed by atoms with Crippen LogP contribution in [0.25, 0.3) is 0 Å². The Labute approximate surface area is 150 Å². The van der Waals surface area contributed by atoms with Crippen molar-refractivity contribution in [1.82, 2.24) is 0 Å². The van der Waals surface area contributed by atoms with Crippen molar-refractivity contribution < 1.29 is 19.1 Å². The Kier molecular flexibility index (Phi) is 4.68. The van der Waals surface area contributed by atoms with Crippen LogP contribution in [0.2, 0.25) is 5.02 Å². The molecule has 3 rings (SSSR count). The van der Waals surface area contributed by atoms with E-state index in [0.29, 0.717) is 16.5 Å². The highest BCUT2D eigenvalue weighted by atomic mass is 35.5. The van der Waals surface area contributed by atoms with Crippen molar-refractivity contribution >= 4 is 29.0 Å². The molecule has 0 fully saturated rings. The lowest BCUT2D eigenvalue weighted by Gasteiger charge is -2.25. The van der Waals surface area contributed by atoms with Crippen LogP contribution < -0.4 is 4.90 Å². The van der Waals surface area contributed by atoms with Gasteiger partial charge in [0, 0.05) is 17.1 Å². The van der Waals surface area contributed by atoms with Crippen molar-refractivity contribution in [1.29, 1.82) is 0 Å². The number of hydrogen-bond acceptors (Lipinski definition) is 4. The highest BCUT2D eigenvalue weighted by Gasteiger charge is 2.45. The summed E-state index contributed by atoms with van der Waals surface area (Å²) in [6.07, 6.45) is 1.70. The molecule has 0 aliphatic carbocycles. The van der Waals surface area contributed by atoms with E-state index in [1.807, 2.05) is 13.8 Å². The number of anilines is 1. The first-order valence-electron chi connectivity index (χ1n) is 7.99. The maximum absolute atomic E-state index is 12.7. The second-order valence-electron chi connectivity index (χ2n) is 6.36. The summed E-state index contributed by atoms with van der Waals surface area (Å²) in [7, 11) is 0. The molecule has 0 saturated carbocycles. The molecule has 2 aromatic rings. The lowest BCUT2D eigenvalue weighted by atomic mass is 9.95. The zero-order valence-electron chi connectivity index (χ0n) is 13.9. The molecular formula is C19H18ClNO4. The van der Waals surface area contributed by atoms with Crippen molar-refractivity contribution in [2.24, 2.45) is 5.92 Å². The fourth-order valence-corrected chi connectivity index (χ4v) is 3.16. The predicted octanol–water partition coefficient (Wildman–Crippen LogP) is 4.45. The third kappa shape index (κ3) is 3.20. The van der Waals surface area contributed by atoms with E-state index in [2.05, 4.69) is 0 Å². The largest absolute Gasteiger partial charge is 0.503 e. The quantitative estimate of drug-likeness (QED) is 0.856. The van der Waals surface area contributed by atoms with Crippen molar-refractivity contribution in [2.45, 2.75) is 26.3 Å². The van der Waals surface area contributed by atoms with Crippen LogP contribution in [0.4, 0.5) is 5.69 Å². The highest BCUT2D eigenvalue weighted by Crippen LogP contribution is 2.42. The van der Waals surface area contributed by atoms with Gasteiger partial charge < -0.3 is 9.52 Å². The summed E-state index contributed by atoms with van der Waals surface area (Å²) in [6, 6.07) is 9.24. The molecule has 1 atom stereocenters. The number of aliphatic hydroxyl groups is 1. The summed E-state index contributed by atoms with van der Waals surface area (Å²) in [5.74, 6) is -0.945. The van der Waals surface area contributed by atoms with Gasteiger partial charge in [0.05, 0.1) is 11.8 Å². The van der Waals surface area contributed by atoms with E-state index in [-0.39, 0.29) is 23.7 Å². The molecule has 1 unspecified atom stereocenters. The van der Waals surface area contributed by atoms with E-state index in [0.717, 1.165) is 0 Å². The van der Waals surface area contributed by atoms with E-state index < -0.39 is 17.7 Å². The minimum atomic E-state index is -0.813. The van der Waals surface area contributed by atoms with Gasteiger partial charge in [0.1, 0.15) is 11.8 Å². The minimum Gasteiger partial charge on any atom is -0.503 e. The highest BCUT2D eigenvalue weighted by molar-refractivity contribution is 6.31. The van der Waals surface area contributed by atoms with Crippen LogP contribution in [0.15, 0.2) is 58.4 Å². The van der Waals surface area contributed by atoms with E-state index in [1.54, 1.807) is 36.4 Å². The van der Waals surface area contributed by atoms with E-state index in [1.165, 1.54) is 11.2 Å². The van der Waals surface area contributed by atoms with Gasteiger partial charge in [-0.3, -0.25) is 14.5 Å². The number of halogens is 1. The second kappa shape index (κ2) is 6.76. The third-order valence-corrected chi connectivity index (χ3v) is 4.24. The van der Waals surface area contributed by atoms with Crippen LogP contribution in [0.3, 0.4) is 0 Å². The average Bonchev–Trinajstić information content (AvgIpc) is 3.14. The zero-order valence-corrected chi connectivity index (χ0v) is 14.7. The summed E-state index contributed by atoms with van der Waals surface area (Å²) in [5, 5.41) is 10.9. The maximum Gasteiger partial charge on any atom is 0.294 e. The van der Waals surface area contributed by atoms with Gasteiger partial charge in [-0.1, -0.05) is 31.5 Å². The van der Waals surface area contributed by atoms with Crippen LogP contribution >= 0.6 is 11.6 Å². The van der Waals surface area contributed by atoms with Gasteiger partial charge in [0.2, 0.25) is 0 Å². The molecule has 0 bridgehead atoms. The van der Waals surface area contributed by atoms with Crippen LogP contribution in [0.5, 0.6) is 0 Å². The van der Waals surface area contributed by atoms with Gasteiger partial charge in [-0.05, 0) is 36.2 Å². The van der Waals surface area contributed by atoms with Crippen molar-refractivity contribution in [3.8, 4) is 0 Å². The van der Waals surface area contributed by atoms with E-state index in [4.69, 9.17) is 16.0 Å². The molecule has 1 aliphatic heterocycles. The van der Waals surface area contributed by atoms with E-state index in [9.17, 15) is 14.7 Å². The molecule has 1 N–H and O–H groups in total. The predicted molar refractivity (Wildman–Crippen MR) is 94.5 cm³/mol. The molecule has 130 valence electrons. The van der Waals surface area contributed by atoms with Gasteiger partial charge in [-0.15, -0.1) is 0 Å². The average molecular weight is 360 g/mol. The summed E-state index contributed by atoms with van der Waals surface area (Å²) >= 11 is 6.04. The number of benzene rings is 1. The monoisotopic (exact) mass is 359 g/mol. The number of nitrogens with zero attached hydrogens (tertiary/aromatic N) is 1. The summed E-state index contributed by atoms with van der Waals surface area (Å²) < 4.78 is 5.46. The fraction of sp³-hybridized carbons (Fsp3) is 0.263. The number of amides is 1. The molecule has 0 radical (unpaired) electrons. The summed E-state index contributed by atoms with van der Waals surface area (Å²) in [4.78, 5) is 26.7. The molecular weight excluding hydrogens is 342 g/mol. The molecule has 1 aliphatic rings. The first-order valence-corrected chi connectivity index (χ1v) is 8.36. The molecule has 0 saturated heterocycles. The number of carbonyl (C=O) groups is 2. The first kappa shape index (κ1) is 17.3. The standard InChI is InChI=1S/C19H18ClNO4/c1-11(2)9-14(22)16-17(15-7-4-8-25-15)21(19(24)18(16)23)13-6-3-5-12(20)10-13/h3-8,10-11,17,23H,9H2,1-2H3. The molecule has 25 heavy (non-hydrogen) atoms. The Morgan fingerprint density at radius 2 is 2.08 bits per heavy atom. The molecule has 0 spiro atoms. The van der Waals surface area contributed by atoms with Gasteiger partial charge >= 0.3 is 0 Å². The lowest BCUT2D eigenvalue weighted by Crippen LogP contribution is -2.30. The topological polar surface area (TPSA) is 70.8 Å². The first-order chi connectivity index (χ1) is 11.9. The number of aliphatic hydroxyl groups excluding tert-OH is 1. The molecule has 1 amide bonds. The Hall–Kier alpha value is -2.53. The van der Waals surface area contributed by atoms with Crippen LogP contribution in [0.1, 0.15) is 32.1 Å². The van der Waals surface area contributed by atoms with Crippen molar-refractivity contribution in [3.05, 3.63) is 64.8 Å². The van der Waals surface area contributed by atoms with Crippen LogP contribution in [-0.4, -0.2) is 16.8 Å². The Morgan fingerprint density at radius 1 is 1.32 bits per heavy atom.